The summed E-state index contributed by atoms with van der Waals surface area (Å²) in [4.78, 5) is 0. The number of benzene rings is 1. The van der Waals surface area contributed by atoms with E-state index in [1.54, 1.807) is 0 Å². The first-order chi connectivity index (χ1) is 8.16. The Balaban J connectivity index is 0.000000902. The van der Waals surface area contributed by atoms with Gasteiger partial charge in [0.1, 0.15) is 0 Å². The Morgan fingerprint density at radius 2 is 1.84 bits per heavy atom. The zero-order valence-corrected chi connectivity index (χ0v) is 14.7. The summed E-state index contributed by atoms with van der Waals surface area (Å²) in [5.41, 5.74) is 3.71. The van der Waals surface area contributed by atoms with Gasteiger partial charge in [0.2, 0.25) is 0 Å². The molecule has 97 valence electrons. The van der Waals surface area contributed by atoms with Gasteiger partial charge in [-0.15, -0.1) is 0 Å². The van der Waals surface area contributed by atoms with Gasteiger partial charge in [-0.25, -0.2) is 0 Å². The number of hydrogen-bond acceptors (Lipinski definition) is 1. The minimum absolute atomic E-state index is 0. The third-order valence-electron chi connectivity index (χ3n) is 3.47. The van der Waals surface area contributed by atoms with E-state index in [1.165, 1.54) is 44.5 Å². The molecule has 1 atom stereocenters. The molecule has 1 aromatic carbocycles. The molecule has 1 heterocycles. The fraction of sp³-hybridized carbons (Fsp3) is 0.200. The van der Waals surface area contributed by atoms with E-state index in [4.69, 9.17) is 4.42 Å². The Bertz CT molecular complexity index is 622. The topological polar surface area (TPSA) is 13.1 Å². The Morgan fingerprint density at radius 3 is 2.42 bits per heavy atom. The predicted molar refractivity (Wildman–Crippen MR) is 66.1 cm³/mol. The monoisotopic (exact) mass is 369 g/mol. The van der Waals surface area contributed by atoms with Crippen molar-refractivity contribution in [1.29, 1.82) is 0 Å². The number of halogens is 2. The van der Waals surface area contributed by atoms with E-state index < -0.39 is 0 Å². The quantitative estimate of drug-likeness (QED) is 0.582. The molecule has 0 aliphatic heterocycles. The molecule has 1 aliphatic rings. The molecule has 1 unspecified atom stereocenters. The first kappa shape index (κ1) is 16.8. The van der Waals surface area contributed by atoms with Crippen molar-refractivity contribution < 1.29 is 54.0 Å². The molecule has 0 radical (unpaired) electrons. The van der Waals surface area contributed by atoms with Crippen LogP contribution in [0.2, 0.25) is 0 Å². The molecular formula is C15H13Cl2OZr. The van der Waals surface area contributed by atoms with Crippen molar-refractivity contribution in [2.24, 2.45) is 5.92 Å². The summed E-state index contributed by atoms with van der Waals surface area (Å²) in [6.07, 6.45) is 2.27. The standard InChI is InChI=1S/C15H13O.2ClH.Zr/c1-10-7-13(8-11(10)2)15-9-12-5-3-4-6-14(12)16-15;;;/h3-7,9,11H,1-2H3;2*1H;/q;;;+2/p-2. The second-order valence-electron chi connectivity index (χ2n) is 4.59. The molecule has 1 aromatic heterocycles. The molecule has 0 spiro atoms. The fourth-order valence-corrected chi connectivity index (χ4v) is 3.25. The summed E-state index contributed by atoms with van der Waals surface area (Å²) in [6, 6.07) is 10.3. The number of para-hydroxylation sites is 1. The molecule has 2 aromatic rings. The summed E-state index contributed by atoms with van der Waals surface area (Å²) in [6.45, 7) is 4.47. The van der Waals surface area contributed by atoms with Crippen LogP contribution >= 0.6 is 0 Å². The smallest absolute Gasteiger partial charge is 1.00 e. The molecule has 0 N–H and O–H groups in total. The molecule has 0 saturated heterocycles. The normalized spacial score (nSPS) is 18.1. The van der Waals surface area contributed by atoms with Crippen molar-refractivity contribution in [3.8, 4) is 0 Å². The number of hydrogen-bond donors (Lipinski definition) is 0. The number of furan rings is 1. The van der Waals surface area contributed by atoms with Crippen LogP contribution in [0.25, 0.3) is 16.5 Å². The third kappa shape index (κ3) is 2.91. The van der Waals surface area contributed by atoms with Gasteiger partial charge >= 0.3 is 116 Å². The van der Waals surface area contributed by atoms with E-state index in [1.807, 2.05) is 18.2 Å². The first-order valence-electron chi connectivity index (χ1n) is 5.79. The average molecular weight is 371 g/mol. The van der Waals surface area contributed by atoms with Gasteiger partial charge in [0, 0.05) is 0 Å². The second-order valence-corrected chi connectivity index (χ2v) is 5.91. The van der Waals surface area contributed by atoms with Crippen molar-refractivity contribution in [2.75, 3.05) is 0 Å². The zero-order chi connectivity index (χ0) is 12.0. The van der Waals surface area contributed by atoms with E-state index in [9.17, 15) is 0 Å². The van der Waals surface area contributed by atoms with Crippen LogP contribution in [0, 0.1) is 5.92 Å². The van der Waals surface area contributed by atoms with Gasteiger partial charge < -0.3 is 24.8 Å². The van der Waals surface area contributed by atoms with Crippen LogP contribution < -0.4 is 24.8 Å². The number of rotatable bonds is 1. The Labute approximate surface area is 140 Å². The fourth-order valence-electron chi connectivity index (χ4n) is 2.21. The van der Waals surface area contributed by atoms with E-state index in [-0.39, 0.29) is 24.8 Å². The second kappa shape index (κ2) is 6.44. The summed E-state index contributed by atoms with van der Waals surface area (Å²) in [7, 11) is 0. The summed E-state index contributed by atoms with van der Waals surface area (Å²) in [5, 5.41) is 1.18. The SMILES string of the molecule is CC1=CC(c2cc3ccccc3o2)=[C]([Zr+2])C1C.[Cl-].[Cl-]. The molecular weight excluding hydrogens is 358 g/mol. The number of fused-ring (bicyclic) bond motifs is 1. The molecule has 0 bridgehead atoms. The first-order valence-corrected chi connectivity index (χ1v) is 7.02. The molecule has 1 aliphatic carbocycles. The summed E-state index contributed by atoms with van der Waals surface area (Å²) < 4.78 is 7.43. The van der Waals surface area contributed by atoms with E-state index in [0.29, 0.717) is 5.92 Å². The van der Waals surface area contributed by atoms with Crippen LogP contribution in [0.4, 0.5) is 0 Å². The van der Waals surface area contributed by atoms with Crippen molar-refractivity contribution in [2.45, 2.75) is 13.8 Å². The number of allylic oxidation sites excluding steroid dienone is 4. The molecule has 0 amide bonds. The minimum Gasteiger partial charge on any atom is -1.00 e. The van der Waals surface area contributed by atoms with Gasteiger partial charge in [0.05, 0.1) is 0 Å². The van der Waals surface area contributed by atoms with Gasteiger partial charge in [-0.3, -0.25) is 0 Å². The molecule has 1 nitrogen and oxygen atoms in total. The third-order valence-corrected chi connectivity index (χ3v) is 5.20. The maximum absolute atomic E-state index is 5.93. The van der Waals surface area contributed by atoms with Gasteiger partial charge in [-0.2, -0.15) is 0 Å². The molecule has 0 saturated carbocycles. The summed E-state index contributed by atoms with van der Waals surface area (Å²) in [5.74, 6) is 1.60. The van der Waals surface area contributed by atoms with Gasteiger partial charge in [-0.1, -0.05) is 0 Å². The van der Waals surface area contributed by atoms with Gasteiger partial charge in [-0.05, 0) is 0 Å². The largest absolute Gasteiger partial charge is 1.00 e. The van der Waals surface area contributed by atoms with Crippen LogP contribution in [0.15, 0.2) is 49.7 Å². The van der Waals surface area contributed by atoms with Crippen LogP contribution in [-0.4, -0.2) is 0 Å². The zero-order valence-electron chi connectivity index (χ0n) is 10.7. The van der Waals surface area contributed by atoms with Gasteiger partial charge in [0.25, 0.3) is 0 Å². The minimum atomic E-state index is 0. The van der Waals surface area contributed by atoms with E-state index in [2.05, 4.69) is 32.1 Å². The van der Waals surface area contributed by atoms with Crippen molar-refractivity contribution in [3.63, 3.8) is 0 Å². The maximum Gasteiger partial charge on any atom is -1.00 e. The summed E-state index contributed by atoms with van der Waals surface area (Å²) >= 11 is 1.49. The molecule has 19 heavy (non-hydrogen) atoms. The van der Waals surface area contributed by atoms with Crippen molar-refractivity contribution >= 4 is 16.5 Å². The van der Waals surface area contributed by atoms with Crippen LogP contribution in [0.1, 0.15) is 19.6 Å². The predicted octanol–water partition coefficient (Wildman–Crippen LogP) is -1.71. The van der Waals surface area contributed by atoms with E-state index in [0.717, 1.165) is 11.3 Å². The van der Waals surface area contributed by atoms with Crippen LogP contribution in [0.5, 0.6) is 0 Å². The average Bonchev–Trinajstić information content (AvgIpc) is 2.86. The van der Waals surface area contributed by atoms with Crippen molar-refractivity contribution in [3.05, 3.63) is 51.0 Å². The Hall–Kier alpha value is -0.297. The maximum atomic E-state index is 5.93. The van der Waals surface area contributed by atoms with Gasteiger partial charge in [0.15, 0.2) is 0 Å². The van der Waals surface area contributed by atoms with Crippen LogP contribution in [-0.2, 0) is 24.7 Å². The van der Waals surface area contributed by atoms with Crippen molar-refractivity contribution in [1.82, 2.24) is 0 Å². The molecule has 3 rings (SSSR count). The van der Waals surface area contributed by atoms with Crippen LogP contribution in [0.3, 0.4) is 0 Å². The Kier molecular flexibility index (Phi) is 5.68. The molecule has 4 heteroatoms. The Morgan fingerprint density at radius 1 is 1.16 bits per heavy atom. The molecule has 0 fully saturated rings. The van der Waals surface area contributed by atoms with E-state index >= 15 is 0 Å².